The van der Waals surface area contributed by atoms with Gasteiger partial charge in [-0.3, -0.25) is 19.3 Å². The Balaban J connectivity index is 1.77. The van der Waals surface area contributed by atoms with Crippen molar-refractivity contribution in [3.05, 3.63) is 64.1 Å². The molecule has 1 aliphatic heterocycles. The minimum Gasteiger partial charge on any atom is -0.490 e. The van der Waals surface area contributed by atoms with Crippen LogP contribution in [-0.2, 0) is 20.9 Å². The fraction of sp³-hybridized carbons (Fsp3) is 0.280. The first-order valence-electron chi connectivity index (χ1n) is 10.6. The Bertz CT molecular complexity index is 1170. The summed E-state index contributed by atoms with van der Waals surface area (Å²) in [5.74, 6) is -0.250. The van der Waals surface area contributed by atoms with Crippen LogP contribution in [0.2, 0.25) is 0 Å². The molecule has 3 rings (SSSR count). The van der Waals surface area contributed by atoms with Gasteiger partial charge in [0.1, 0.15) is 13.2 Å². The fourth-order valence-corrected chi connectivity index (χ4v) is 3.97. The maximum Gasteiger partial charge on any atom is 0.326 e. The summed E-state index contributed by atoms with van der Waals surface area (Å²) in [6.45, 7) is 5.37. The summed E-state index contributed by atoms with van der Waals surface area (Å²) >= 11 is 0.761. The molecule has 1 fully saturated rings. The number of carbonyl (C=O) groups excluding carboxylic acids is 3. The molecule has 9 heteroatoms. The van der Waals surface area contributed by atoms with Crippen LogP contribution in [-0.4, -0.2) is 41.3 Å². The number of imide groups is 1. The summed E-state index contributed by atoms with van der Waals surface area (Å²) in [4.78, 5) is 37.9. The number of benzene rings is 2. The van der Waals surface area contributed by atoms with Gasteiger partial charge in [-0.15, -0.1) is 0 Å². The zero-order valence-electron chi connectivity index (χ0n) is 19.1. The zero-order chi connectivity index (χ0) is 24.7. The van der Waals surface area contributed by atoms with Crippen LogP contribution < -0.4 is 9.47 Å². The van der Waals surface area contributed by atoms with E-state index in [1.165, 1.54) is 0 Å². The third-order valence-corrected chi connectivity index (χ3v) is 5.52. The lowest BCUT2D eigenvalue weighted by molar-refractivity contribution is -0.149. The number of amides is 2. The van der Waals surface area contributed by atoms with Gasteiger partial charge in [-0.1, -0.05) is 24.3 Å². The molecule has 0 aromatic heterocycles. The van der Waals surface area contributed by atoms with E-state index in [4.69, 9.17) is 14.2 Å². The maximum atomic E-state index is 12.7. The standard InChI is InChI=1S/C25H24N2O6S/c1-4-31-21-11-17(9-10-20(21)32-15-19-8-6-5-7-18(19)13-26)12-22-24(29)27(25(30)34-22)14-23(28)33-16(2)3/h5-12,16H,4,14-15H2,1-3H3/b22-12+. The Morgan fingerprint density at radius 3 is 2.62 bits per heavy atom. The molecule has 34 heavy (non-hydrogen) atoms. The highest BCUT2D eigenvalue weighted by molar-refractivity contribution is 8.18. The molecule has 2 amide bonds. The van der Waals surface area contributed by atoms with Gasteiger partial charge < -0.3 is 14.2 Å². The molecule has 1 saturated heterocycles. The normalized spacial score (nSPS) is 14.4. The van der Waals surface area contributed by atoms with Crippen molar-refractivity contribution in [2.75, 3.05) is 13.2 Å². The van der Waals surface area contributed by atoms with Gasteiger partial charge in [0.25, 0.3) is 11.1 Å². The van der Waals surface area contributed by atoms with Gasteiger partial charge in [0.05, 0.1) is 29.2 Å². The van der Waals surface area contributed by atoms with Crippen molar-refractivity contribution in [3.8, 4) is 17.6 Å². The average Bonchev–Trinajstić information content (AvgIpc) is 3.05. The van der Waals surface area contributed by atoms with Crippen molar-refractivity contribution in [3.63, 3.8) is 0 Å². The lowest BCUT2D eigenvalue weighted by Crippen LogP contribution is -2.35. The van der Waals surface area contributed by atoms with E-state index in [1.54, 1.807) is 50.3 Å². The first-order chi connectivity index (χ1) is 16.3. The SMILES string of the molecule is CCOc1cc(/C=C2/SC(=O)N(CC(=O)OC(C)C)C2=O)ccc1OCc1ccccc1C#N. The van der Waals surface area contributed by atoms with Crippen LogP contribution in [0, 0.1) is 11.3 Å². The van der Waals surface area contributed by atoms with Crippen molar-refractivity contribution in [2.24, 2.45) is 0 Å². The second-order valence-electron chi connectivity index (χ2n) is 7.50. The van der Waals surface area contributed by atoms with Crippen LogP contribution in [0.3, 0.4) is 0 Å². The summed E-state index contributed by atoms with van der Waals surface area (Å²) in [5.41, 5.74) is 1.91. The zero-order valence-corrected chi connectivity index (χ0v) is 19.9. The number of nitrogens with zero attached hydrogens (tertiary/aromatic N) is 2. The lowest BCUT2D eigenvalue weighted by atomic mass is 10.1. The minimum atomic E-state index is -0.642. The first kappa shape index (κ1) is 24.9. The van der Waals surface area contributed by atoms with Crippen LogP contribution in [0.1, 0.15) is 37.5 Å². The fourth-order valence-electron chi connectivity index (χ4n) is 3.13. The van der Waals surface area contributed by atoms with Crippen molar-refractivity contribution in [2.45, 2.75) is 33.5 Å². The molecule has 0 saturated carbocycles. The molecule has 176 valence electrons. The molecule has 2 aromatic carbocycles. The van der Waals surface area contributed by atoms with E-state index in [0.29, 0.717) is 29.2 Å². The van der Waals surface area contributed by atoms with Crippen LogP contribution in [0.4, 0.5) is 4.79 Å². The Morgan fingerprint density at radius 2 is 1.91 bits per heavy atom. The summed E-state index contributed by atoms with van der Waals surface area (Å²) in [7, 11) is 0. The van der Waals surface area contributed by atoms with Crippen molar-refractivity contribution < 1.29 is 28.6 Å². The Morgan fingerprint density at radius 1 is 1.15 bits per heavy atom. The predicted molar refractivity (Wildman–Crippen MR) is 127 cm³/mol. The third kappa shape index (κ3) is 6.17. The molecule has 1 aliphatic rings. The molecule has 0 atom stereocenters. The summed E-state index contributed by atoms with van der Waals surface area (Å²) in [6.07, 6.45) is 1.23. The number of hydrogen-bond donors (Lipinski definition) is 0. The number of esters is 1. The van der Waals surface area contributed by atoms with Crippen molar-refractivity contribution in [1.29, 1.82) is 5.26 Å². The number of thioether (sulfide) groups is 1. The van der Waals surface area contributed by atoms with Gasteiger partial charge in [-0.2, -0.15) is 5.26 Å². The van der Waals surface area contributed by atoms with Crippen molar-refractivity contribution >= 4 is 35.0 Å². The summed E-state index contributed by atoms with van der Waals surface area (Å²) < 4.78 is 16.6. The van der Waals surface area contributed by atoms with Gasteiger partial charge >= 0.3 is 5.97 Å². The van der Waals surface area contributed by atoms with E-state index in [-0.39, 0.29) is 17.6 Å². The molecule has 0 bridgehead atoms. The van der Waals surface area contributed by atoms with Gasteiger partial charge in [0.15, 0.2) is 11.5 Å². The highest BCUT2D eigenvalue weighted by Crippen LogP contribution is 2.35. The molecule has 0 N–H and O–H groups in total. The number of hydrogen-bond acceptors (Lipinski definition) is 8. The molecular formula is C25H24N2O6S. The van der Waals surface area contributed by atoms with Gasteiger partial charge in [0.2, 0.25) is 0 Å². The molecule has 8 nitrogen and oxygen atoms in total. The Kier molecular flexibility index (Phi) is 8.33. The molecule has 0 radical (unpaired) electrons. The molecule has 0 unspecified atom stereocenters. The van der Waals surface area contributed by atoms with Crippen molar-refractivity contribution in [1.82, 2.24) is 4.90 Å². The molecule has 1 heterocycles. The average molecular weight is 481 g/mol. The Hall–Kier alpha value is -3.77. The summed E-state index contributed by atoms with van der Waals surface area (Å²) in [6, 6.07) is 14.4. The van der Waals surface area contributed by atoms with E-state index in [9.17, 15) is 19.6 Å². The minimum absolute atomic E-state index is 0.189. The topological polar surface area (TPSA) is 106 Å². The number of rotatable bonds is 9. The highest BCUT2D eigenvalue weighted by Gasteiger charge is 2.36. The van der Waals surface area contributed by atoms with E-state index in [1.807, 2.05) is 19.1 Å². The molecule has 0 aliphatic carbocycles. The lowest BCUT2D eigenvalue weighted by Gasteiger charge is -2.14. The van der Waals surface area contributed by atoms with E-state index in [0.717, 1.165) is 22.2 Å². The Labute approximate surface area is 202 Å². The van der Waals surface area contributed by atoms with Crippen LogP contribution >= 0.6 is 11.8 Å². The van der Waals surface area contributed by atoms with Crippen LogP contribution in [0.25, 0.3) is 6.08 Å². The van der Waals surface area contributed by atoms with Gasteiger partial charge in [-0.05, 0) is 62.4 Å². The maximum absolute atomic E-state index is 12.7. The van der Waals surface area contributed by atoms with E-state index < -0.39 is 23.7 Å². The summed E-state index contributed by atoms with van der Waals surface area (Å²) in [5, 5.41) is 8.72. The number of carbonyl (C=O) groups is 3. The number of nitriles is 1. The third-order valence-electron chi connectivity index (χ3n) is 4.61. The van der Waals surface area contributed by atoms with Gasteiger partial charge in [-0.25, -0.2) is 0 Å². The molecular weight excluding hydrogens is 456 g/mol. The smallest absolute Gasteiger partial charge is 0.326 e. The second kappa shape index (κ2) is 11.4. The molecule has 0 spiro atoms. The van der Waals surface area contributed by atoms with E-state index >= 15 is 0 Å². The highest BCUT2D eigenvalue weighted by atomic mass is 32.2. The van der Waals surface area contributed by atoms with Crippen LogP contribution in [0.5, 0.6) is 11.5 Å². The quantitative estimate of drug-likeness (QED) is 0.381. The molecule has 2 aromatic rings. The van der Waals surface area contributed by atoms with Crippen LogP contribution in [0.15, 0.2) is 47.4 Å². The van der Waals surface area contributed by atoms with E-state index in [2.05, 4.69) is 6.07 Å². The number of ether oxygens (including phenoxy) is 3. The second-order valence-corrected chi connectivity index (χ2v) is 8.50. The largest absolute Gasteiger partial charge is 0.490 e. The first-order valence-corrected chi connectivity index (χ1v) is 11.5. The monoisotopic (exact) mass is 480 g/mol. The predicted octanol–water partition coefficient (Wildman–Crippen LogP) is 4.52. The van der Waals surface area contributed by atoms with Gasteiger partial charge in [0, 0.05) is 5.56 Å².